The number of fused-ring (bicyclic) bond motifs is 1. The fraction of sp³-hybridized carbons (Fsp3) is 0.533. The van der Waals surface area contributed by atoms with Crippen molar-refractivity contribution in [1.29, 1.82) is 0 Å². The van der Waals surface area contributed by atoms with Gasteiger partial charge >= 0.3 is 5.97 Å². The zero-order valence-electron chi connectivity index (χ0n) is 24.3. The number of aliphatic hydroxyl groups is 1. The summed E-state index contributed by atoms with van der Waals surface area (Å²) in [6.45, 7) is 11.1. The first-order valence-electron chi connectivity index (χ1n) is 14.0. The number of hydrogen-bond donors (Lipinski definition) is 2. The summed E-state index contributed by atoms with van der Waals surface area (Å²) in [4.78, 5) is 43.8. The van der Waals surface area contributed by atoms with Gasteiger partial charge in [0.2, 0.25) is 5.91 Å². The Bertz CT molecular complexity index is 1410. The Labute approximate surface area is 235 Å². The molecule has 1 fully saturated rings. The third-order valence-corrected chi connectivity index (χ3v) is 7.45. The molecular weight excluding hydrogens is 510 g/mol. The first kappa shape index (κ1) is 29.5. The van der Waals surface area contributed by atoms with Gasteiger partial charge < -0.3 is 23.9 Å². The molecule has 2 N–H and O–H groups in total. The first-order valence-corrected chi connectivity index (χ1v) is 14.0. The summed E-state index contributed by atoms with van der Waals surface area (Å²) >= 11 is 0. The summed E-state index contributed by atoms with van der Waals surface area (Å²) in [5.41, 5.74) is 4.09. The van der Waals surface area contributed by atoms with Gasteiger partial charge in [0, 0.05) is 57.5 Å². The molecule has 1 saturated heterocycles. The van der Waals surface area contributed by atoms with Crippen molar-refractivity contribution in [1.82, 2.24) is 24.3 Å². The highest BCUT2D eigenvalue weighted by Crippen LogP contribution is 2.29. The minimum absolute atomic E-state index is 0.0483. The van der Waals surface area contributed by atoms with Gasteiger partial charge in [-0.05, 0) is 70.2 Å². The number of rotatable bonds is 9. The van der Waals surface area contributed by atoms with Gasteiger partial charge in [-0.3, -0.25) is 19.7 Å². The van der Waals surface area contributed by atoms with Crippen molar-refractivity contribution >= 4 is 22.9 Å². The number of nitrogens with zero attached hydrogens (tertiary/aromatic N) is 4. The number of aliphatic hydroxyl groups excluding tert-OH is 1. The number of benzene rings is 1. The summed E-state index contributed by atoms with van der Waals surface area (Å²) in [5.74, 6) is 0.650. The molecule has 0 bridgehead atoms. The molecule has 1 aliphatic heterocycles. The van der Waals surface area contributed by atoms with Crippen molar-refractivity contribution in [3.8, 4) is 11.4 Å². The number of imidazole rings is 1. The highest BCUT2D eigenvalue weighted by molar-refractivity contribution is 5.81. The molecular formula is C30H41N5O5. The Morgan fingerprint density at radius 1 is 1.23 bits per heavy atom. The molecule has 40 heavy (non-hydrogen) atoms. The molecule has 1 aromatic carbocycles. The zero-order valence-corrected chi connectivity index (χ0v) is 24.3. The minimum atomic E-state index is -0.918. The van der Waals surface area contributed by atoms with Crippen LogP contribution in [-0.4, -0.2) is 67.3 Å². The quantitative estimate of drug-likeness (QED) is 0.393. The molecule has 4 rings (SSSR count). The lowest BCUT2D eigenvalue weighted by molar-refractivity contribution is -0.152. The number of likely N-dealkylation sites (tertiary alicyclic amines) is 1. The Balaban J connectivity index is 1.68. The van der Waals surface area contributed by atoms with E-state index in [1.165, 1.54) is 0 Å². The summed E-state index contributed by atoms with van der Waals surface area (Å²) in [7, 11) is 1.74. The molecule has 3 heterocycles. The van der Waals surface area contributed by atoms with Gasteiger partial charge in [-0.1, -0.05) is 6.07 Å². The van der Waals surface area contributed by atoms with Gasteiger partial charge in [0.1, 0.15) is 11.9 Å². The van der Waals surface area contributed by atoms with Gasteiger partial charge in [-0.25, -0.2) is 4.98 Å². The molecule has 0 spiro atoms. The van der Waals surface area contributed by atoms with Crippen LogP contribution >= 0.6 is 0 Å². The molecule has 2 aromatic heterocycles. The Hall–Kier alpha value is -3.50. The second-order valence-electron chi connectivity index (χ2n) is 11.3. The van der Waals surface area contributed by atoms with Crippen LogP contribution in [0.1, 0.15) is 51.7 Å². The van der Waals surface area contributed by atoms with Crippen molar-refractivity contribution in [2.24, 2.45) is 13.0 Å². The summed E-state index contributed by atoms with van der Waals surface area (Å²) in [6, 6.07) is 7.01. The van der Waals surface area contributed by atoms with E-state index in [-0.39, 0.29) is 23.5 Å². The normalized spacial score (nSPS) is 17.3. The van der Waals surface area contributed by atoms with E-state index in [9.17, 15) is 19.5 Å². The Morgan fingerprint density at radius 3 is 2.62 bits per heavy atom. The van der Waals surface area contributed by atoms with Crippen LogP contribution in [-0.2, 0) is 34.5 Å². The van der Waals surface area contributed by atoms with Crippen molar-refractivity contribution in [2.45, 2.75) is 78.8 Å². The molecule has 216 valence electrons. The van der Waals surface area contributed by atoms with E-state index in [4.69, 9.17) is 9.72 Å². The standard InChI is InChI=1S/C30H41N5O5/c1-18(2)40-30(39)27(20(4)36)31-14-22-9-10-26-25(13-22)32-28(24-12-19(3)29(38)33(6)17-24)35(26)16-23-8-7-11-34(15-23)21(5)37/h9-10,12-13,17-18,20,23,27,31,36H,7-8,11,14-16H2,1-6H3/t20?,23-,27?/m1/s1. The number of carbonyl (C=O) groups excluding carboxylic acids is 2. The monoisotopic (exact) mass is 551 g/mol. The molecule has 0 radical (unpaired) electrons. The lowest BCUT2D eigenvalue weighted by Crippen LogP contribution is -2.46. The second kappa shape index (κ2) is 12.3. The van der Waals surface area contributed by atoms with Crippen LogP contribution in [0.4, 0.5) is 0 Å². The number of aromatic nitrogens is 3. The van der Waals surface area contributed by atoms with Gasteiger partial charge in [0.15, 0.2) is 0 Å². The lowest BCUT2D eigenvalue weighted by atomic mass is 9.97. The first-order chi connectivity index (χ1) is 18.9. The number of piperidine rings is 1. The van der Waals surface area contributed by atoms with Crippen molar-refractivity contribution in [2.75, 3.05) is 13.1 Å². The number of esters is 1. The highest BCUT2D eigenvalue weighted by atomic mass is 16.5. The van der Waals surface area contributed by atoms with Crippen LogP contribution in [0.2, 0.25) is 0 Å². The molecule has 2 unspecified atom stereocenters. The van der Waals surface area contributed by atoms with E-state index >= 15 is 0 Å². The van der Waals surface area contributed by atoms with Gasteiger partial charge in [-0.15, -0.1) is 0 Å². The average molecular weight is 552 g/mol. The molecule has 3 atom stereocenters. The molecule has 10 heteroatoms. The van der Waals surface area contributed by atoms with Gasteiger partial charge in [0.05, 0.1) is 23.2 Å². The minimum Gasteiger partial charge on any atom is -0.462 e. The number of amides is 1. The maximum Gasteiger partial charge on any atom is 0.326 e. The molecule has 1 amide bonds. The lowest BCUT2D eigenvalue weighted by Gasteiger charge is -2.32. The topological polar surface area (TPSA) is 119 Å². The maximum atomic E-state index is 12.5. The molecule has 3 aromatic rings. The summed E-state index contributed by atoms with van der Waals surface area (Å²) in [5, 5.41) is 13.3. The van der Waals surface area contributed by atoms with Crippen LogP contribution in [0.25, 0.3) is 22.4 Å². The third kappa shape index (κ3) is 6.62. The van der Waals surface area contributed by atoms with Crippen LogP contribution in [0.5, 0.6) is 0 Å². The van der Waals surface area contributed by atoms with E-state index < -0.39 is 18.1 Å². The predicted molar refractivity (Wildman–Crippen MR) is 154 cm³/mol. The average Bonchev–Trinajstić information content (AvgIpc) is 3.24. The van der Waals surface area contributed by atoms with Crippen LogP contribution in [0, 0.1) is 12.8 Å². The Kier molecular flexibility index (Phi) is 9.10. The SMILES string of the molecule is CC(=O)N1CCC[C@@H](Cn2c(-c3cc(C)c(=O)n(C)c3)nc3cc(CNC(C(=O)OC(C)C)C(C)O)ccc32)C1. The van der Waals surface area contributed by atoms with Crippen molar-refractivity contribution in [3.63, 3.8) is 0 Å². The van der Waals surface area contributed by atoms with E-state index in [1.807, 2.05) is 35.4 Å². The maximum absolute atomic E-state index is 12.5. The largest absolute Gasteiger partial charge is 0.462 e. The van der Waals surface area contributed by atoms with E-state index in [0.29, 0.717) is 25.2 Å². The fourth-order valence-corrected chi connectivity index (χ4v) is 5.43. The molecule has 10 nitrogen and oxygen atoms in total. The van der Waals surface area contributed by atoms with E-state index in [1.54, 1.807) is 46.2 Å². The zero-order chi connectivity index (χ0) is 29.1. The number of carbonyl (C=O) groups is 2. The van der Waals surface area contributed by atoms with Crippen molar-refractivity contribution in [3.05, 3.63) is 51.9 Å². The number of hydrogen-bond acceptors (Lipinski definition) is 7. The molecule has 0 aliphatic carbocycles. The number of aryl methyl sites for hydroxylation is 2. The van der Waals surface area contributed by atoms with Crippen LogP contribution in [0.15, 0.2) is 35.3 Å². The van der Waals surface area contributed by atoms with Gasteiger partial charge in [0.25, 0.3) is 5.56 Å². The summed E-state index contributed by atoms with van der Waals surface area (Å²) < 4.78 is 9.07. The number of ether oxygens (including phenoxy) is 1. The number of pyridine rings is 1. The van der Waals surface area contributed by atoms with E-state index in [0.717, 1.165) is 47.4 Å². The summed E-state index contributed by atoms with van der Waals surface area (Å²) in [6.07, 6.45) is 2.60. The van der Waals surface area contributed by atoms with Gasteiger partial charge in [-0.2, -0.15) is 0 Å². The van der Waals surface area contributed by atoms with Crippen LogP contribution < -0.4 is 10.9 Å². The second-order valence-corrected chi connectivity index (χ2v) is 11.3. The Morgan fingerprint density at radius 2 is 1.98 bits per heavy atom. The van der Waals surface area contributed by atoms with Crippen LogP contribution in [0.3, 0.4) is 0 Å². The van der Waals surface area contributed by atoms with E-state index in [2.05, 4.69) is 9.88 Å². The number of nitrogens with one attached hydrogen (secondary N) is 1. The predicted octanol–water partition coefficient (Wildman–Crippen LogP) is 2.76. The van der Waals surface area contributed by atoms with Crippen molar-refractivity contribution < 1.29 is 19.4 Å². The smallest absolute Gasteiger partial charge is 0.326 e. The fourth-order valence-electron chi connectivity index (χ4n) is 5.43. The molecule has 0 saturated carbocycles. The molecule has 1 aliphatic rings. The third-order valence-electron chi connectivity index (χ3n) is 7.45. The highest BCUT2D eigenvalue weighted by Gasteiger charge is 2.27.